The predicted octanol–water partition coefficient (Wildman–Crippen LogP) is 4.59. The van der Waals surface area contributed by atoms with Gasteiger partial charge in [0.2, 0.25) is 0 Å². The summed E-state index contributed by atoms with van der Waals surface area (Å²) < 4.78 is 34.3. The van der Waals surface area contributed by atoms with E-state index in [1.807, 2.05) is 0 Å². The number of nitrogens with zero attached hydrogens (tertiary/aromatic N) is 1. The maximum absolute atomic E-state index is 14.5. The van der Waals surface area contributed by atoms with Crippen molar-refractivity contribution in [2.75, 3.05) is 13.1 Å². The smallest absolute Gasteiger partial charge is 0.410 e. The van der Waals surface area contributed by atoms with Gasteiger partial charge in [0.05, 0.1) is 5.41 Å². The van der Waals surface area contributed by atoms with Gasteiger partial charge in [-0.3, -0.25) is 0 Å². The molecule has 0 spiro atoms. The zero-order valence-corrected chi connectivity index (χ0v) is 15.2. The minimum atomic E-state index is -1.21. The Morgan fingerprint density at radius 3 is 2.32 bits per heavy atom. The van der Waals surface area contributed by atoms with Gasteiger partial charge in [0, 0.05) is 24.7 Å². The molecule has 1 aromatic carbocycles. The number of piperidine rings is 1. The Balaban J connectivity index is 2.29. The third kappa shape index (κ3) is 3.94. The molecule has 1 N–H and O–H groups in total. The second-order valence-corrected chi connectivity index (χ2v) is 7.57. The minimum absolute atomic E-state index is 0.196. The van der Waals surface area contributed by atoms with E-state index in [1.165, 1.54) is 11.0 Å². The van der Waals surface area contributed by atoms with Gasteiger partial charge >= 0.3 is 6.09 Å². The second-order valence-electron chi connectivity index (χ2n) is 7.57. The van der Waals surface area contributed by atoms with Gasteiger partial charge in [0.25, 0.3) is 0 Å². The van der Waals surface area contributed by atoms with Crippen LogP contribution in [0.5, 0.6) is 5.75 Å². The Bertz CT molecular complexity index is 663. The Kier molecular flexibility index (Phi) is 5.11. The molecule has 4 nitrogen and oxygen atoms in total. The quantitative estimate of drug-likeness (QED) is 0.846. The fourth-order valence-electron chi connectivity index (χ4n) is 3.39. The summed E-state index contributed by atoms with van der Waals surface area (Å²) in [4.78, 5) is 13.7. The highest BCUT2D eigenvalue weighted by Crippen LogP contribution is 2.45. The first-order valence-corrected chi connectivity index (χ1v) is 8.29. The summed E-state index contributed by atoms with van der Waals surface area (Å²) in [5.41, 5.74) is -1.17. The number of rotatable bonds is 2. The molecule has 1 aliphatic rings. The SMILES string of the molecule is C=C(F)C1(c2c(C)cc(O)cc2F)CCN(C(=O)OC(C)(C)C)CC1. The maximum atomic E-state index is 14.5. The highest BCUT2D eigenvalue weighted by molar-refractivity contribution is 5.68. The van der Waals surface area contributed by atoms with Gasteiger partial charge in [0.15, 0.2) is 0 Å². The van der Waals surface area contributed by atoms with Gasteiger partial charge in [-0.2, -0.15) is 0 Å². The first-order chi connectivity index (χ1) is 11.5. The van der Waals surface area contributed by atoms with E-state index in [0.29, 0.717) is 5.56 Å². The van der Waals surface area contributed by atoms with Crippen LogP contribution < -0.4 is 0 Å². The number of amides is 1. The largest absolute Gasteiger partial charge is 0.508 e. The van der Waals surface area contributed by atoms with Gasteiger partial charge in [-0.15, -0.1) is 0 Å². The van der Waals surface area contributed by atoms with Gasteiger partial charge in [-0.25, -0.2) is 13.6 Å². The zero-order chi connectivity index (χ0) is 19.0. The van der Waals surface area contributed by atoms with E-state index in [-0.39, 0.29) is 37.2 Å². The number of allylic oxidation sites excluding steroid dienone is 1. The van der Waals surface area contributed by atoms with Crippen LogP contribution in [-0.2, 0) is 10.2 Å². The van der Waals surface area contributed by atoms with Crippen molar-refractivity contribution >= 4 is 6.09 Å². The van der Waals surface area contributed by atoms with Crippen molar-refractivity contribution in [3.63, 3.8) is 0 Å². The van der Waals surface area contributed by atoms with E-state index in [2.05, 4.69) is 6.58 Å². The summed E-state index contributed by atoms with van der Waals surface area (Å²) in [6, 6.07) is 2.39. The number of phenolic OH excluding ortho intramolecular Hbond substituents is 1. The lowest BCUT2D eigenvalue weighted by molar-refractivity contribution is 0.0168. The molecule has 0 atom stereocenters. The number of hydrogen-bond acceptors (Lipinski definition) is 3. The molecular formula is C19H25F2NO3. The molecule has 1 heterocycles. The molecule has 6 heteroatoms. The van der Waals surface area contributed by atoms with E-state index in [0.717, 1.165) is 6.07 Å². The van der Waals surface area contributed by atoms with Crippen molar-refractivity contribution in [3.8, 4) is 5.75 Å². The van der Waals surface area contributed by atoms with E-state index >= 15 is 0 Å². The van der Waals surface area contributed by atoms with E-state index in [4.69, 9.17) is 4.74 Å². The van der Waals surface area contributed by atoms with Crippen LogP contribution in [0, 0.1) is 12.7 Å². The number of ether oxygens (including phenoxy) is 1. The van der Waals surface area contributed by atoms with E-state index in [1.54, 1.807) is 27.7 Å². The van der Waals surface area contributed by atoms with Gasteiger partial charge in [-0.1, -0.05) is 6.58 Å². The number of aromatic hydroxyl groups is 1. The van der Waals surface area contributed by atoms with Crippen LogP contribution in [0.15, 0.2) is 24.5 Å². The number of aryl methyl sites for hydroxylation is 1. The summed E-state index contributed by atoms with van der Waals surface area (Å²) in [6.07, 6.45) is -0.0673. The number of halogens is 2. The molecule has 25 heavy (non-hydrogen) atoms. The van der Waals surface area contributed by atoms with Crippen LogP contribution in [-0.4, -0.2) is 34.8 Å². The van der Waals surface area contributed by atoms with Crippen LogP contribution in [0.2, 0.25) is 0 Å². The van der Waals surface area contributed by atoms with Crippen LogP contribution in [0.3, 0.4) is 0 Å². The van der Waals surface area contributed by atoms with Crippen LogP contribution in [0.1, 0.15) is 44.7 Å². The molecule has 0 aliphatic carbocycles. The molecular weight excluding hydrogens is 328 g/mol. The number of phenols is 1. The number of carbonyl (C=O) groups is 1. The number of hydrogen-bond donors (Lipinski definition) is 1. The molecule has 0 aromatic heterocycles. The van der Waals surface area contributed by atoms with Crippen molar-refractivity contribution in [1.29, 1.82) is 0 Å². The van der Waals surface area contributed by atoms with E-state index < -0.39 is 28.8 Å². The highest BCUT2D eigenvalue weighted by atomic mass is 19.1. The molecule has 1 aliphatic heterocycles. The Labute approximate surface area is 147 Å². The van der Waals surface area contributed by atoms with Crippen LogP contribution in [0.25, 0.3) is 0 Å². The lowest BCUT2D eigenvalue weighted by Gasteiger charge is -2.42. The van der Waals surface area contributed by atoms with Crippen molar-refractivity contribution in [2.24, 2.45) is 0 Å². The molecule has 0 bridgehead atoms. The molecule has 2 rings (SSSR count). The zero-order valence-electron chi connectivity index (χ0n) is 15.2. The fraction of sp³-hybridized carbons (Fsp3) is 0.526. The summed E-state index contributed by atoms with van der Waals surface area (Å²) in [7, 11) is 0. The highest BCUT2D eigenvalue weighted by Gasteiger charge is 2.43. The first-order valence-electron chi connectivity index (χ1n) is 8.29. The van der Waals surface area contributed by atoms with Crippen molar-refractivity contribution < 1.29 is 23.4 Å². The van der Waals surface area contributed by atoms with Crippen molar-refractivity contribution in [3.05, 3.63) is 41.5 Å². The fourth-order valence-corrected chi connectivity index (χ4v) is 3.39. The number of carbonyl (C=O) groups excluding carboxylic acids is 1. The molecule has 1 fully saturated rings. The Hall–Kier alpha value is -2.11. The molecule has 1 aromatic rings. The first kappa shape index (κ1) is 19.2. The molecule has 138 valence electrons. The number of likely N-dealkylation sites (tertiary alicyclic amines) is 1. The van der Waals surface area contributed by atoms with Crippen molar-refractivity contribution in [1.82, 2.24) is 4.90 Å². The minimum Gasteiger partial charge on any atom is -0.508 e. The lowest BCUT2D eigenvalue weighted by Crippen LogP contribution is -2.47. The summed E-state index contributed by atoms with van der Waals surface area (Å²) in [6.45, 7) is 10.9. The van der Waals surface area contributed by atoms with Gasteiger partial charge in [-0.05, 0) is 52.2 Å². The Morgan fingerprint density at radius 2 is 1.88 bits per heavy atom. The monoisotopic (exact) mass is 353 g/mol. The lowest BCUT2D eigenvalue weighted by atomic mass is 9.70. The Morgan fingerprint density at radius 1 is 1.32 bits per heavy atom. The second kappa shape index (κ2) is 6.65. The molecule has 1 amide bonds. The van der Waals surface area contributed by atoms with E-state index in [9.17, 15) is 18.7 Å². The normalized spacial score (nSPS) is 17.3. The maximum Gasteiger partial charge on any atom is 0.410 e. The van der Waals surface area contributed by atoms with Gasteiger partial charge < -0.3 is 14.7 Å². The molecule has 0 saturated carbocycles. The molecule has 0 radical (unpaired) electrons. The summed E-state index contributed by atoms with van der Waals surface area (Å²) in [5, 5.41) is 9.54. The topological polar surface area (TPSA) is 49.8 Å². The third-order valence-electron chi connectivity index (χ3n) is 4.54. The van der Waals surface area contributed by atoms with Crippen LogP contribution >= 0.6 is 0 Å². The van der Waals surface area contributed by atoms with Crippen molar-refractivity contribution in [2.45, 2.75) is 51.6 Å². The average molecular weight is 353 g/mol. The third-order valence-corrected chi connectivity index (χ3v) is 4.54. The summed E-state index contributed by atoms with van der Waals surface area (Å²) in [5.74, 6) is -1.50. The standard InChI is InChI=1S/C19H25F2NO3/c1-12-10-14(23)11-15(21)16(12)19(13(2)20)6-8-22(9-7-19)17(24)25-18(3,4)5/h10-11,23H,2,6-9H2,1,3-5H3. The van der Waals surface area contributed by atoms with Crippen LogP contribution in [0.4, 0.5) is 13.6 Å². The average Bonchev–Trinajstić information content (AvgIpc) is 2.44. The van der Waals surface area contributed by atoms with Gasteiger partial charge in [0.1, 0.15) is 23.0 Å². The summed E-state index contributed by atoms with van der Waals surface area (Å²) >= 11 is 0. The molecule has 0 unspecified atom stereocenters. The predicted molar refractivity (Wildman–Crippen MR) is 91.8 cm³/mol. The molecule has 1 saturated heterocycles. The number of benzene rings is 1.